The molecule has 0 saturated heterocycles. The van der Waals surface area contributed by atoms with Gasteiger partial charge < -0.3 is 0 Å². The number of carbonyl (C=O) groups excluding carboxylic acids is 1. The molecule has 1 amide bonds. The molecule has 0 unspecified atom stereocenters. The third-order valence-electron chi connectivity index (χ3n) is 3.43. The van der Waals surface area contributed by atoms with E-state index in [4.69, 9.17) is 0 Å². The van der Waals surface area contributed by atoms with Gasteiger partial charge in [-0.05, 0) is 30.3 Å². The largest absolute Gasteiger partial charge is 0.275 e. The number of rotatable bonds is 4. The van der Waals surface area contributed by atoms with Crippen molar-refractivity contribution >= 4 is 42.6 Å². The number of sulfonamides is 1. The highest BCUT2D eigenvalue weighted by molar-refractivity contribution is 9.10. The Labute approximate surface area is 151 Å². The third-order valence-corrected chi connectivity index (χ3v) is 5.35. The summed E-state index contributed by atoms with van der Waals surface area (Å²) in [4.78, 5) is 24.3. The lowest BCUT2D eigenvalue weighted by molar-refractivity contribution is -0.120. The van der Waals surface area contributed by atoms with Crippen molar-refractivity contribution in [2.45, 2.75) is 11.4 Å². The first-order chi connectivity index (χ1) is 11.9. The average Bonchev–Trinajstić information content (AvgIpc) is 2.57. The van der Waals surface area contributed by atoms with E-state index in [-0.39, 0.29) is 4.90 Å². The quantitative estimate of drug-likeness (QED) is 0.690. The van der Waals surface area contributed by atoms with Crippen molar-refractivity contribution < 1.29 is 13.2 Å². The monoisotopic (exact) mass is 421 g/mol. The molecule has 0 atom stereocenters. The van der Waals surface area contributed by atoms with Crippen molar-refractivity contribution in [1.29, 1.82) is 0 Å². The third kappa shape index (κ3) is 3.77. The second-order valence-corrected chi connectivity index (χ2v) is 7.78. The summed E-state index contributed by atoms with van der Waals surface area (Å²) in [7, 11) is -4.02. The summed E-state index contributed by atoms with van der Waals surface area (Å²) < 4.78 is 27.9. The summed E-state index contributed by atoms with van der Waals surface area (Å²) in [6.45, 7) is -0.501. The Morgan fingerprint density at radius 1 is 1.12 bits per heavy atom. The van der Waals surface area contributed by atoms with Gasteiger partial charge in [-0.25, -0.2) is 17.8 Å². The molecular weight excluding hydrogens is 410 g/mol. The van der Waals surface area contributed by atoms with Gasteiger partial charge in [-0.2, -0.15) is 5.10 Å². The molecular formula is C16H12BrN3O4S. The molecule has 3 aromatic rings. The van der Waals surface area contributed by atoms with Gasteiger partial charge in [0.15, 0.2) is 0 Å². The van der Waals surface area contributed by atoms with Crippen molar-refractivity contribution in [3.8, 4) is 0 Å². The SMILES string of the molecule is O=C(Cn1ncc2ccccc2c1=O)NS(=O)(=O)c1ccc(Br)cc1. The number of benzene rings is 2. The minimum absolute atomic E-state index is 0.0529. The smallest absolute Gasteiger partial charge is 0.272 e. The lowest BCUT2D eigenvalue weighted by Gasteiger charge is -2.08. The van der Waals surface area contributed by atoms with Gasteiger partial charge in [0.05, 0.1) is 16.5 Å². The van der Waals surface area contributed by atoms with Gasteiger partial charge in [0, 0.05) is 9.86 Å². The van der Waals surface area contributed by atoms with Crippen LogP contribution in [-0.4, -0.2) is 24.1 Å². The first kappa shape index (κ1) is 17.3. The molecule has 0 saturated carbocycles. The van der Waals surface area contributed by atoms with E-state index in [2.05, 4.69) is 21.0 Å². The number of halogens is 1. The number of carbonyl (C=O) groups is 1. The van der Waals surface area contributed by atoms with E-state index in [1.807, 2.05) is 4.72 Å². The molecule has 0 fully saturated rings. The van der Waals surface area contributed by atoms with Crippen LogP contribution in [-0.2, 0) is 21.4 Å². The summed E-state index contributed by atoms with van der Waals surface area (Å²) in [5.74, 6) is -0.854. The fourth-order valence-corrected chi connectivity index (χ4v) is 3.47. The van der Waals surface area contributed by atoms with Crippen molar-refractivity contribution in [2.24, 2.45) is 0 Å². The molecule has 0 bridgehead atoms. The predicted octanol–water partition coefficient (Wildman–Crippen LogP) is 1.66. The molecule has 25 heavy (non-hydrogen) atoms. The van der Waals surface area contributed by atoms with Crippen molar-refractivity contribution in [3.63, 3.8) is 0 Å². The normalized spacial score (nSPS) is 11.4. The molecule has 3 rings (SSSR count). The molecule has 1 N–H and O–H groups in total. The van der Waals surface area contributed by atoms with E-state index in [0.717, 1.165) is 4.68 Å². The van der Waals surface area contributed by atoms with E-state index in [1.54, 1.807) is 36.4 Å². The lowest BCUT2D eigenvalue weighted by atomic mass is 10.2. The lowest BCUT2D eigenvalue weighted by Crippen LogP contribution is -2.36. The molecule has 7 nitrogen and oxygen atoms in total. The Balaban J connectivity index is 1.82. The topological polar surface area (TPSA) is 98.1 Å². The maximum atomic E-state index is 12.3. The molecule has 0 spiro atoms. The number of fused-ring (bicyclic) bond motifs is 1. The van der Waals surface area contributed by atoms with Crippen LogP contribution in [0.15, 0.2) is 68.9 Å². The van der Waals surface area contributed by atoms with Gasteiger partial charge in [0.1, 0.15) is 6.54 Å². The van der Waals surface area contributed by atoms with E-state index in [1.165, 1.54) is 18.3 Å². The van der Waals surface area contributed by atoms with Crippen LogP contribution in [0, 0.1) is 0 Å². The zero-order valence-corrected chi connectivity index (χ0v) is 15.1. The van der Waals surface area contributed by atoms with Gasteiger partial charge in [-0.15, -0.1) is 0 Å². The Hall–Kier alpha value is -2.52. The number of hydrogen-bond acceptors (Lipinski definition) is 5. The van der Waals surface area contributed by atoms with Gasteiger partial charge in [-0.3, -0.25) is 9.59 Å². The molecule has 1 heterocycles. The van der Waals surface area contributed by atoms with Gasteiger partial charge in [-0.1, -0.05) is 34.1 Å². The second-order valence-electron chi connectivity index (χ2n) is 5.18. The van der Waals surface area contributed by atoms with Gasteiger partial charge in [0.2, 0.25) is 0 Å². The maximum absolute atomic E-state index is 12.3. The summed E-state index contributed by atoms with van der Waals surface area (Å²) >= 11 is 3.21. The Kier molecular flexibility index (Phi) is 4.69. The zero-order valence-electron chi connectivity index (χ0n) is 12.7. The highest BCUT2D eigenvalue weighted by atomic mass is 79.9. The Bertz CT molecular complexity index is 1110. The van der Waals surface area contributed by atoms with Crippen LogP contribution in [0.2, 0.25) is 0 Å². The van der Waals surface area contributed by atoms with Crippen LogP contribution in [0.4, 0.5) is 0 Å². The van der Waals surface area contributed by atoms with E-state index >= 15 is 0 Å². The average molecular weight is 422 g/mol. The molecule has 0 radical (unpaired) electrons. The summed E-state index contributed by atoms with van der Waals surface area (Å²) in [6, 6.07) is 12.6. The number of nitrogens with one attached hydrogen (secondary N) is 1. The summed E-state index contributed by atoms with van der Waals surface area (Å²) in [5.41, 5.74) is -0.464. The van der Waals surface area contributed by atoms with Crippen molar-refractivity contribution in [1.82, 2.24) is 14.5 Å². The molecule has 0 aliphatic carbocycles. The van der Waals surface area contributed by atoms with Crippen molar-refractivity contribution in [3.05, 3.63) is 69.6 Å². The molecule has 0 aliphatic rings. The summed E-state index contributed by atoms with van der Waals surface area (Å²) in [5, 5.41) is 4.95. The maximum Gasteiger partial charge on any atom is 0.275 e. The first-order valence-corrected chi connectivity index (χ1v) is 9.40. The Morgan fingerprint density at radius 3 is 2.52 bits per heavy atom. The fraction of sp³-hybridized carbons (Fsp3) is 0.0625. The van der Waals surface area contributed by atoms with Gasteiger partial charge >= 0.3 is 0 Å². The van der Waals surface area contributed by atoms with Crippen LogP contribution >= 0.6 is 15.9 Å². The first-order valence-electron chi connectivity index (χ1n) is 7.13. The second kappa shape index (κ2) is 6.77. The molecule has 1 aromatic heterocycles. The van der Waals surface area contributed by atoms with E-state index in [0.29, 0.717) is 15.2 Å². The van der Waals surface area contributed by atoms with Crippen LogP contribution in [0.5, 0.6) is 0 Å². The minimum Gasteiger partial charge on any atom is -0.272 e. The number of hydrogen-bond donors (Lipinski definition) is 1. The minimum atomic E-state index is -4.02. The number of amides is 1. The van der Waals surface area contributed by atoms with Gasteiger partial charge in [0.25, 0.3) is 21.5 Å². The van der Waals surface area contributed by atoms with Crippen LogP contribution < -0.4 is 10.3 Å². The fourth-order valence-electron chi connectivity index (χ4n) is 2.23. The van der Waals surface area contributed by atoms with Crippen LogP contribution in [0.3, 0.4) is 0 Å². The summed E-state index contributed by atoms with van der Waals surface area (Å²) in [6.07, 6.45) is 1.45. The van der Waals surface area contributed by atoms with E-state index < -0.39 is 28.0 Å². The van der Waals surface area contributed by atoms with Crippen LogP contribution in [0.25, 0.3) is 10.8 Å². The highest BCUT2D eigenvalue weighted by Gasteiger charge is 2.18. The van der Waals surface area contributed by atoms with E-state index in [9.17, 15) is 18.0 Å². The predicted molar refractivity (Wildman–Crippen MR) is 95.5 cm³/mol. The molecule has 128 valence electrons. The number of aromatic nitrogens is 2. The van der Waals surface area contributed by atoms with Crippen molar-refractivity contribution in [2.75, 3.05) is 0 Å². The standard InChI is InChI=1S/C16H12BrN3O4S/c17-12-5-7-13(8-6-12)25(23,24)19-15(21)10-20-16(22)14-4-2-1-3-11(14)9-18-20/h1-9H,10H2,(H,19,21). The highest BCUT2D eigenvalue weighted by Crippen LogP contribution is 2.14. The molecule has 2 aromatic carbocycles. The number of nitrogens with zero attached hydrogens (tertiary/aromatic N) is 2. The molecule has 9 heteroatoms. The van der Waals surface area contributed by atoms with Crippen LogP contribution in [0.1, 0.15) is 0 Å². The zero-order chi connectivity index (χ0) is 18.0. The molecule has 0 aliphatic heterocycles. The Morgan fingerprint density at radius 2 is 1.80 bits per heavy atom.